The number of thiophene rings is 1. The molecule has 13 heteroatoms. The number of carbonyl (C=O) groups is 4. The number of alkyl carbamates (subject to hydrolysis) is 1. The van der Waals surface area contributed by atoms with Crippen molar-refractivity contribution in [1.82, 2.24) is 15.6 Å². The van der Waals surface area contributed by atoms with E-state index < -0.39 is 29.5 Å². The first kappa shape index (κ1) is 37.5. The number of carbonyl (C=O) groups excluding carboxylic acids is 4. The molecule has 53 heavy (non-hydrogen) atoms. The van der Waals surface area contributed by atoms with Crippen LogP contribution < -0.4 is 20.7 Å². The van der Waals surface area contributed by atoms with Crippen LogP contribution in [0.4, 0.5) is 10.5 Å². The Hall–Kier alpha value is -5.27. The van der Waals surface area contributed by atoms with E-state index in [1.54, 1.807) is 50.3 Å². The summed E-state index contributed by atoms with van der Waals surface area (Å²) in [4.78, 5) is 58.6. The third kappa shape index (κ3) is 8.36. The molecule has 12 nitrogen and oxygen atoms in total. The first-order valence-electron chi connectivity index (χ1n) is 17.5. The molecule has 0 atom stereocenters. The van der Waals surface area contributed by atoms with E-state index in [1.165, 1.54) is 13.2 Å². The summed E-state index contributed by atoms with van der Waals surface area (Å²) in [5, 5.41) is 20.2. The minimum Gasteiger partial charge on any atom is -0.493 e. The zero-order valence-electron chi connectivity index (χ0n) is 30.7. The summed E-state index contributed by atoms with van der Waals surface area (Å²) in [7, 11) is 1.23. The van der Waals surface area contributed by atoms with Crippen molar-refractivity contribution < 1.29 is 38.5 Å². The van der Waals surface area contributed by atoms with Gasteiger partial charge in [0.15, 0.2) is 5.69 Å². The van der Waals surface area contributed by atoms with Crippen molar-refractivity contribution in [2.24, 2.45) is 5.92 Å². The summed E-state index contributed by atoms with van der Waals surface area (Å²) in [5.41, 5.74) is 5.06. The first-order chi connectivity index (χ1) is 25.2. The van der Waals surface area contributed by atoms with Gasteiger partial charge in [0.05, 0.1) is 13.7 Å². The molecule has 1 aliphatic carbocycles. The summed E-state index contributed by atoms with van der Waals surface area (Å²) < 4.78 is 16.7. The molecule has 2 aromatic heterocycles. The van der Waals surface area contributed by atoms with E-state index in [1.807, 2.05) is 31.4 Å². The van der Waals surface area contributed by atoms with E-state index in [0.29, 0.717) is 48.4 Å². The molecule has 1 aliphatic heterocycles. The van der Waals surface area contributed by atoms with Crippen molar-refractivity contribution in [2.75, 3.05) is 25.6 Å². The lowest BCUT2D eigenvalue weighted by Gasteiger charge is -2.34. The fourth-order valence-electron chi connectivity index (χ4n) is 6.67. The molecular weight excluding hydrogens is 697 g/mol. The number of aryl methyl sites for hydroxylation is 2. The quantitative estimate of drug-likeness (QED) is 0.139. The van der Waals surface area contributed by atoms with Crippen LogP contribution in [-0.4, -0.2) is 65.9 Å². The standard InChI is InChI=1S/C40H44N4O8S/c1-21-13-23(19-41-39(49)52-40(3,4)5)14-22(2)33(21)44-36(46)29-17-30-32(51-11-9-25-10-12-53-35(25)30)18-28(29)27-7-8-31(43-34(27)38(48)50-6)37(47)42-26-15-24(16-26)20-45/h7-8,10,12-14,17-18,24,26,45H,9,11,15-16,19-20H2,1-6H3,(H,41,49)(H,42,47)(H,44,46). The second-order valence-electron chi connectivity index (χ2n) is 14.5. The minimum absolute atomic E-state index is 0.0225. The molecule has 6 rings (SSSR count). The molecule has 1 saturated carbocycles. The van der Waals surface area contributed by atoms with Crippen molar-refractivity contribution in [2.45, 2.75) is 72.1 Å². The number of methoxy groups -OCH3 is 1. The summed E-state index contributed by atoms with van der Waals surface area (Å²) >= 11 is 1.56. The van der Waals surface area contributed by atoms with E-state index in [0.717, 1.165) is 32.7 Å². The van der Waals surface area contributed by atoms with Crippen LogP contribution in [0.3, 0.4) is 0 Å². The maximum absolute atomic E-state index is 14.5. The highest BCUT2D eigenvalue weighted by molar-refractivity contribution is 7.13. The molecule has 4 aromatic rings. The molecule has 1 fully saturated rings. The molecule has 0 bridgehead atoms. The molecule has 3 amide bonds. The lowest BCUT2D eigenvalue weighted by Crippen LogP contribution is -2.45. The Labute approximate surface area is 312 Å². The number of pyridine rings is 1. The van der Waals surface area contributed by atoms with Gasteiger partial charge in [0.2, 0.25) is 0 Å². The lowest BCUT2D eigenvalue weighted by atomic mass is 9.81. The van der Waals surface area contributed by atoms with Gasteiger partial charge in [0.1, 0.15) is 17.0 Å². The molecule has 0 radical (unpaired) electrons. The number of hydrogen-bond donors (Lipinski definition) is 4. The predicted octanol–water partition coefficient (Wildman–Crippen LogP) is 6.59. The van der Waals surface area contributed by atoms with Gasteiger partial charge in [-0.15, -0.1) is 11.3 Å². The number of rotatable bonds is 9. The van der Waals surface area contributed by atoms with E-state index in [4.69, 9.17) is 14.2 Å². The second-order valence-corrected chi connectivity index (χ2v) is 15.4. The minimum atomic E-state index is -0.774. The zero-order valence-corrected chi connectivity index (χ0v) is 31.5. The van der Waals surface area contributed by atoms with Crippen molar-refractivity contribution >= 4 is 40.9 Å². The van der Waals surface area contributed by atoms with Crippen LogP contribution in [0.1, 0.15) is 87.2 Å². The van der Waals surface area contributed by atoms with Crippen molar-refractivity contribution in [3.8, 4) is 27.3 Å². The largest absolute Gasteiger partial charge is 0.493 e. The number of benzene rings is 2. The smallest absolute Gasteiger partial charge is 0.407 e. The average Bonchev–Trinajstić information content (AvgIpc) is 3.49. The van der Waals surface area contributed by atoms with Gasteiger partial charge in [-0.05, 0) is 111 Å². The number of ether oxygens (including phenoxy) is 3. The first-order valence-corrected chi connectivity index (χ1v) is 18.4. The van der Waals surface area contributed by atoms with Crippen LogP contribution in [0.2, 0.25) is 0 Å². The number of esters is 1. The van der Waals surface area contributed by atoms with Crippen molar-refractivity contribution in [3.63, 3.8) is 0 Å². The monoisotopic (exact) mass is 740 g/mol. The Morgan fingerprint density at radius 2 is 1.72 bits per heavy atom. The van der Waals surface area contributed by atoms with Crippen molar-refractivity contribution in [1.29, 1.82) is 0 Å². The molecule has 0 spiro atoms. The molecule has 3 heterocycles. The van der Waals surface area contributed by atoms with Gasteiger partial charge < -0.3 is 35.3 Å². The van der Waals surface area contributed by atoms with E-state index in [9.17, 15) is 24.3 Å². The van der Waals surface area contributed by atoms with Crippen LogP contribution in [0.25, 0.3) is 21.6 Å². The number of hydrogen-bond acceptors (Lipinski definition) is 10. The van der Waals surface area contributed by atoms with Crippen LogP contribution in [0.5, 0.6) is 5.75 Å². The second kappa shape index (κ2) is 15.4. The Morgan fingerprint density at radius 1 is 0.981 bits per heavy atom. The van der Waals surface area contributed by atoms with Gasteiger partial charge in [0.25, 0.3) is 11.8 Å². The van der Waals surface area contributed by atoms with Gasteiger partial charge in [-0.3, -0.25) is 9.59 Å². The molecule has 0 unspecified atom stereocenters. The van der Waals surface area contributed by atoms with Crippen LogP contribution in [-0.2, 0) is 22.4 Å². The highest BCUT2D eigenvalue weighted by atomic mass is 32.1. The highest BCUT2D eigenvalue weighted by Crippen LogP contribution is 2.43. The van der Waals surface area contributed by atoms with Crippen molar-refractivity contribution in [3.05, 3.63) is 87.0 Å². The fourth-order valence-corrected chi connectivity index (χ4v) is 7.64. The summed E-state index contributed by atoms with van der Waals surface area (Å²) in [6, 6.07) is 12.4. The molecule has 2 aliphatic rings. The normalized spacial score (nSPS) is 16.1. The third-order valence-corrected chi connectivity index (χ3v) is 10.3. The van der Waals surface area contributed by atoms with E-state index in [2.05, 4.69) is 27.0 Å². The highest BCUT2D eigenvalue weighted by Gasteiger charge is 2.31. The third-order valence-electron chi connectivity index (χ3n) is 9.28. The number of fused-ring (bicyclic) bond motifs is 3. The summed E-state index contributed by atoms with van der Waals surface area (Å²) in [5.74, 6) is -0.959. The molecular formula is C40H44N4O8S. The average molecular weight is 741 g/mol. The fraction of sp³-hybridized carbons (Fsp3) is 0.375. The Bertz CT molecular complexity index is 2060. The van der Waals surface area contributed by atoms with Gasteiger partial charge in [0, 0.05) is 58.4 Å². The number of aliphatic hydroxyl groups excluding tert-OH is 1. The van der Waals surface area contributed by atoms with Crippen LogP contribution >= 0.6 is 11.3 Å². The Morgan fingerprint density at radius 3 is 2.40 bits per heavy atom. The zero-order chi connectivity index (χ0) is 38.0. The molecule has 2 aromatic carbocycles. The van der Waals surface area contributed by atoms with E-state index >= 15 is 0 Å². The van der Waals surface area contributed by atoms with Crippen LogP contribution in [0, 0.1) is 19.8 Å². The number of aliphatic hydroxyl groups is 1. The topological polar surface area (TPSA) is 165 Å². The predicted molar refractivity (Wildman–Crippen MR) is 202 cm³/mol. The number of amides is 3. The van der Waals surface area contributed by atoms with Crippen LogP contribution in [0.15, 0.2) is 47.8 Å². The van der Waals surface area contributed by atoms with Gasteiger partial charge in [-0.25, -0.2) is 14.6 Å². The molecule has 278 valence electrons. The maximum atomic E-state index is 14.5. The van der Waals surface area contributed by atoms with Gasteiger partial charge in [-0.2, -0.15) is 0 Å². The molecule has 4 N–H and O–H groups in total. The summed E-state index contributed by atoms with van der Waals surface area (Å²) in [6.07, 6.45) is 1.49. The summed E-state index contributed by atoms with van der Waals surface area (Å²) in [6.45, 7) is 9.88. The Kier molecular flexibility index (Phi) is 10.9. The lowest BCUT2D eigenvalue weighted by molar-refractivity contribution is 0.0521. The Balaban J connectivity index is 1.37. The molecule has 0 saturated heterocycles. The number of nitrogens with zero attached hydrogens (tertiary/aromatic N) is 1. The SMILES string of the molecule is COC(=O)c1nc(C(=O)NC2CC(CO)C2)ccc1-c1cc2c(cc1C(=O)Nc1c(C)cc(CNC(=O)OC(C)(C)C)cc1C)-c1sccc1CCO2. The van der Waals surface area contributed by atoms with Gasteiger partial charge >= 0.3 is 12.1 Å². The number of nitrogens with one attached hydrogen (secondary N) is 3. The number of anilines is 1. The van der Waals surface area contributed by atoms with Gasteiger partial charge in [-0.1, -0.05) is 12.1 Å². The van der Waals surface area contributed by atoms with E-state index in [-0.39, 0.29) is 42.1 Å². The number of aromatic nitrogens is 1. The maximum Gasteiger partial charge on any atom is 0.407 e.